The molecule has 1 saturated heterocycles. The lowest BCUT2D eigenvalue weighted by Crippen LogP contribution is -2.45. The zero-order valence-corrected chi connectivity index (χ0v) is 12.3. The van der Waals surface area contributed by atoms with Crippen LogP contribution in [0.15, 0.2) is 0 Å². The van der Waals surface area contributed by atoms with Crippen molar-refractivity contribution in [1.29, 1.82) is 0 Å². The van der Waals surface area contributed by atoms with E-state index in [0.29, 0.717) is 0 Å². The second-order valence-corrected chi connectivity index (χ2v) is 5.90. The van der Waals surface area contributed by atoms with Crippen LogP contribution in [-0.2, 0) is 0 Å². The first-order valence-electron chi connectivity index (χ1n) is 7.65. The minimum absolute atomic E-state index is 0.784. The molecular formula is C15H32N2. The predicted molar refractivity (Wildman–Crippen MR) is 76.4 cm³/mol. The van der Waals surface area contributed by atoms with E-state index in [1.807, 2.05) is 0 Å². The summed E-state index contributed by atoms with van der Waals surface area (Å²) in [6.45, 7) is 13.1. The number of rotatable bonds is 6. The molecule has 0 aromatic heterocycles. The van der Waals surface area contributed by atoms with E-state index in [-0.39, 0.29) is 0 Å². The van der Waals surface area contributed by atoms with E-state index >= 15 is 0 Å². The Morgan fingerprint density at radius 1 is 1.12 bits per heavy atom. The molecule has 1 rings (SSSR count). The van der Waals surface area contributed by atoms with E-state index in [1.54, 1.807) is 0 Å². The van der Waals surface area contributed by atoms with Crippen molar-refractivity contribution in [3.63, 3.8) is 0 Å². The zero-order chi connectivity index (χ0) is 12.7. The molecule has 0 saturated carbocycles. The van der Waals surface area contributed by atoms with Gasteiger partial charge in [0.25, 0.3) is 0 Å². The van der Waals surface area contributed by atoms with Crippen molar-refractivity contribution < 1.29 is 0 Å². The third kappa shape index (κ3) is 4.97. The maximum atomic E-state index is 3.53. The summed E-state index contributed by atoms with van der Waals surface area (Å²) >= 11 is 0. The summed E-state index contributed by atoms with van der Waals surface area (Å²) in [4.78, 5) is 2.82. The number of nitrogens with zero attached hydrogens (tertiary/aromatic N) is 1. The first-order valence-corrected chi connectivity index (χ1v) is 7.65. The van der Waals surface area contributed by atoms with E-state index in [2.05, 4.69) is 37.9 Å². The van der Waals surface area contributed by atoms with Crippen LogP contribution in [0.25, 0.3) is 0 Å². The normalized spacial score (nSPS) is 22.4. The Morgan fingerprint density at radius 2 is 1.82 bits per heavy atom. The van der Waals surface area contributed by atoms with Gasteiger partial charge >= 0.3 is 0 Å². The first kappa shape index (κ1) is 15.0. The standard InChI is InChI=1S/C15H32N2/c1-5-14(6-2)17(12-13(3)4)15-8-7-10-16-11-9-15/h13-16H,5-12H2,1-4H3. The molecule has 0 aromatic rings. The lowest BCUT2D eigenvalue weighted by atomic mass is 10.00. The SMILES string of the molecule is CCC(CC)N(CC(C)C)C1CCCNCC1. The van der Waals surface area contributed by atoms with Crippen LogP contribution in [0.3, 0.4) is 0 Å². The minimum atomic E-state index is 0.784. The van der Waals surface area contributed by atoms with Crippen LogP contribution in [0.4, 0.5) is 0 Å². The highest BCUT2D eigenvalue weighted by Crippen LogP contribution is 2.21. The van der Waals surface area contributed by atoms with Crippen LogP contribution in [0.1, 0.15) is 59.8 Å². The minimum Gasteiger partial charge on any atom is -0.317 e. The van der Waals surface area contributed by atoms with Crippen molar-refractivity contribution in [3.8, 4) is 0 Å². The van der Waals surface area contributed by atoms with Crippen LogP contribution in [0.5, 0.6) is 0 Å². The lowest BCUT2D eigenvalue weighted by molar-refractivity contribution is 0.100. The second kappa shape index (κ2) is 8.10. The van der Waals surface area contributed by atoms with E-state index in [1.165, 1.54) is 51.7 Å². The van der Waals surface area contributed by atoms with Gasteiger partial charge in [-0.1, -0.05) is 27.7 Å². The topological polar surface area (TPSA) is 15.3 Å². The fourth-order valence-electron chi connectivity index (χ4n) is 3.11. The predicted octanol–water partition coefficient (Wildman–Crippen LogP) is 3.28. The smallest absolute Gasteiger partial charge is 0.0111 e. The third-order valence-electron chi connectivity index (χ3n) is 4.00. The molecule has 0 aliphatic carbocycles. The van der Waals surface area contributed by atoms with Crippen LogP contribution in [0.2, 0.25) is 0 Å². The van der Waals surface area contributed by atoms with Crippen molar-refractivity contribution in [2.75, 3.05) is 19.6 Å². The summed E-state index contributed by atoms with van der Waals surface area (Å²) in [5, 5.41) is 3.53. The maximum Gasteiger partial charge on any atom is 0.0111 e. The maximum absolute atomic E-state index is 3.53. The molecule has 0 spiro atoms. The average Bonchev–Trinajstić information content (AvgIpc) is 2.57. The summed E-state index contributed by atoms with van der Waals surface area (Å²) in [5.74, 6) is 0.784. The highest BCUT2D eigenvalue weighted by Gasteiger charge is 2.25. The third-order valence-corrected chi connectivity index (χ3v) is 4.00. The molecule has 102 valence electrons. The molecule has 17 heavy (non-hydrogen) atoms. The van der Waals surface area contributed by atoms with Gasteiger partial charge in [-0.15, -0.1) is 0 Å². The van der Waals surface area contributed by atoms with Crippen molar-refractivity contribution in [2.24, 2.45) is 5.92 Å². The summed E-state index contributed by atoms with van der Waals surface area (Å²) in [6.07, 6.45) is 6.67. The summed E-state index contributed by atoms with van der Waals surface area (Å²) < 4.78 is 0. The Labute approximate surface area is 108 Å². The number of nitrogens with one attached hydrogen (secondary N) is 1. The Balaban J connectivity index is 2.64. The van der Waals surface area contributed by atoms with Gasteiger partial charge in [0.05, 0.1) is 0 Å². The van der Waals surface area contributed by atoms with Gasteiger partial charge in [-0.2, -0.15) is 0 Å². The molecule has 1 atom stereocenters. The molecule has 1 aliphatic rings. The quantitative estimate of drug-likeness (QED) is 0.766. The molecule has 1 unspecified atom stereocenters. The fourth-order valence-corrected chi connectivity index (χ4v) is 3.11. The molecule has 2 heteroatoms. The van der Waals surface area contributed by atoms with Gasteiger partial charge in [-0.3, -0.25) is 4.90 Å². The van der Waals surface area contributed by atoms with Crippen molar-refractivity contribution >= 4 is 0 Å². The van der Waals surface area contributed by atoms with Crippen LogP contribution in [-0.4, -0.2) is 36.6 Å². The molecule has 1 aliphatic heterocycles. The van der Waals surface area contributed by atoms with Crippen molar-refractivity contribution in [3.05, 3.63) is 0 Å². The highest BCUT2D eigenvalue weighted by atomic mass is 15.2. The zero-order valence-electron chi connectivity index (χ0n) is 12.3. The van der Waals surface area contributed by atoms with E-state index in [9.17, 15) is 0 Å². The summed E-state index contributed by atoms with van der Waals surface area (Å²) in [6, 6.07) is 1.61. The summed E-state index contributed by atoms with van der Waals surface area (Å²) in [5.41, 5.74) is 0. The lowest BCUT2D eigenvalue weighted by Gasteiger charge is -2.38. The Bertz CT molecular complexity index is 179. The molecular weight excluding hydrogens is 208 g/mol. The van der Waals surface area contributed by atoms with Gasteiger partial charge in [-0.25, -0.2) is 0 Å². The Kier molecular flexibility index (Phi) is 7.14. The number of hydrogen-bond donors (Lipinski definition) is 1. The van der Waals surface area contributed by atoms with E-state index in [0.717, 1.165) is 18.0 Å². The van der Waals surface area contributed by atoms with Gasteiger partial charge in [0.2, 0.25) is 0 Å². The fraction of sp³-hybridized carbons (Fsp3) is 1.00. The molecule has 1 fully saturated rings. The Hall–Kier alpha value is -0.0800. The van der Waals surface area contributed by atoms with Crippen LogP contribution >= 0.6 is 0 Å². The van der Waals surface area contributed by atoms with E-state index in [4.69, 9.17) is 0 Å². The highest BCUT2D eigenvalue weighted by molar-refractivity contribution is 4.81. The summed E-state index contributed by atoms with van der Waals surface area (Å²) in [7, 11) is 0. The monoisotopic (exact) mass is 240 g/mol. The first-order chi connectivity index (χ1) is 8.19. The molecule has 0 radical (unpaired) electrons. The largest absolute Gasteiger partial charge is 0.317 e. The molecule has 0 amide bonds. The van der Waals surface area contributed by atoms with Gasteiger partial charge < -0.3 is 5.32 Å². The van der Waals surface area contributed by atoms with Crippen LogP contribution in [0, 0.1) is 5.92 Å². The number of hydrogen-bond acceptors (Lipinski definition) is 2. The van der Waals surface area contributed by atoms with Crippen molar-refractivity contribution in [1.82, 2.24) is 10.2 Å². The second-order valence-electron chi connectivity index (χ2n) is 5.90. The van der Waals surface area contributed by atoms with Gasteiger partial charge in [0.15, 0.2) is 0 Å². The molecule has 0 aromatic carbocycles. The Morgan fingerprint density at radius 3 is 2.41 bits per heavy atom. The van der Waals surface area contributed by atoms with E-state index < -0.39 is 0 Å². The van der Waals surface area contributed by atoms with Crippen LogP contribution < -0.4 is 5.32 Å². The van der Waals surface area contributed by atoms with Gasteiger partial charge in [0, 0.05) is 18.6 Å². The average molecular weight is 240 g/mol. The molecule has 1 N–H and O–H groups in total. The molecule has 0 bridgehead atoms. The van der Waals surface area contributed by atoms with Crippen molar-refractivity contribution in [2.45, 2.75) is 71.9 Å². The molecule has 2 nitrogen and oxygen atoms in total. The molecule has 1 heterocycles. The van der Waals surface area contributed by atoms with Gasteiger partial charge in [-0.05, 0) is 51.1 Å². The van der Waals surface area contributed by atoms with Gasteiger partial charge in [0.1, 0.15) is 0 Å².